The summed E-state index contributed by atoms with van der Waals surface area (Å²) in [4.78, 5) is 11.7. The van der Waals surface area contributed by atoms with E-state index in [4.69, 9.17) is 15.7 Å². The average Bonchev–Trinajstić information content (AvgIpc) is 2.50. The molecule has 6 nitrogen and oxygen atoms in total. The maximum absolute atomic E-state index is 11.7. The van der Waals surface area contributed by atoms with Crippen molar-refractivity contribution in [3.05, 3.63) is 29.8 Å². The predicted octanol–water partition coefficient (Wildman–Crippen LogP) is 1.42. The van der Waals surface area contributed by atoms with Gasteiger partial charge in [0.25, 0.3) is 5.91 Å². The van der Waals surface area contributed by atoms with Crippen LogP contribution in [0.15, 0.2) is 29.4 Å². The molecule has 0 aliphatic rings. The van der Waals surface area contributed by atoms with Crippen LogP contribution >= 0.6 is 11.8 Å². The standard InChI is InChI=1S/C14H21N3O3S/c1-10(7-8-21-2)16-13(18)9-20-12-5-3-11(4-6-12)14(15)17-19/h3-6,10,19H,7-9H2,1-2H3,(H2,15,17)(H,16,18). The fourth-order valence-corrected chi connectivity index (χ4v) is 2.20. The van der Waals surface area contributed by atoms with Crippen molar-refractivity contribution in [2.24, 2.45) is 10.9 Å². The number of rotatable bonds is 8. The second-order valence-corrected chi connectivity index (χ2v) is 5.53. The highest BCUT2D eigenvalue weighted by molar-refractivity contribution is 7.98. The van der Waals surface area contributed by atoms with Gasteiger partial charge < -0.3 is 21.0 Å². The lowest BCUT2D eigenvalue weighted by molar-refractivity contribution is -0.123. The van der Waals surface area contributed by atoms with E-state index < -0.39 is 0 Å². The number of hydrogen-bond acceptors (Lipinski definition) is 5. The van der Waals surface area contributed by atoms with Gasteiger partial charge in [0.1, 0.15) is 5.75 Å². The van der Waals surface area contributed by atoms with Crippen molar-refractivity contribution < 1.29 is 14.7 Å². The molecule has 1 rings (SSSR count). The van der Waals surface area contributed by atoms with Crippen LogP contribution in [0.5, 0.6) is 5.75 Å². The average molecular weight is 311 g/mol. The van der Waals surface area contributed by atoms with Crippen LogP contribution in [0.3, 0.4) is 0 Å². The van der Waals surface area contributed by atoms with Crippen molar-refractivity contribution in [2.75, 3.05) is 18.6 Å². The summed E-state index contributed by atoms with van der Waals surface area (Å²) in [6.45, 7) is 1.94. The molecular weight excluding hydrogens is 290 g/mol. The third-order valence-electron chi connectivity index (χ3n) is 2.79. The van der Waals surface area contributed by atoms with Gasteiger partial charge in [-0.25, -0.2) is 0 Å². The van der Waals surface area contributed by atoms with Gasteiger partial charge in [-0.1, -0.05) is 5.16 Å². The lowest BCUT2D eigenvalue weighted by atomic mass is 10.2. The first-order valence-corrected chi connectivity index (χ1v) is 7.95. The highest BCUT2D eigenvalue weighted by Gasteiger charge is 2.08. The Morgan fingerprint density at radius 1 is 1.48 bits per heavy atom. The Hall–Kier alpha value is -1.89. The Labute approximate surface area is 128 Å². The van der Waals surface area contributed by atoms with Gasteiger partial charge >= 0.3 is 0 Å². The molecule has 0 saturated heterocycles. The molecule has 1 aromatic rings. The lowest BCUT2D eigenvalue weighted by Crippen LogP contribution is -2.36. The minimum atomic E-state index is -0.149. The first-order valence-electron chi connectivity index (χ1n) is 6.56. The lowest BCUT2D eigenvalue weighted by Gasteiger charge is -2.13. The zero-order valence-electron chi connectivity index (χ0n) is 12.2. The fraction of sp³-hybridized carbons (Fsp3) is 0.429. The largest absolute Gasteiger partial charge is 0.484 e. The maximum Gasteiger partial charge on any atom is 0.258 e. The second kappa shape index (κ2) is 9.12. The summed E-state index contributed by atoms with van der Waals surface area (Å²) in [5.41, 5.74) is 6.04. The molecule has 0 heterocycles. The van der Waals surface area contributed by atoms with E-state index >= 15 is 0 Å². The summed E-state index contributed by atoms with van der Waals surface area (Å²) >= 11 is 1.75. The number of hydrogen-bond donors (Lipinski definition) is 3. The number of benzene rings is 1. The summed E-state index contributed by atoms with van der Waals surface area (Å²) < 4.78 is 5.38. The zero-order chi connectivity index (χ0) is 15.7. The van der Waals surface area contributed by atoms with Gasteiger partial charge in [0.2, 0.25) is 0 Å². The number of nitrogens with zero attached hydrogens (tertiary/aromatic N) is 1. The van der Waals surface area contributed by atoms with Gasteiger partial charge in [0, 0.05) is 11.6 Å². The van der Waals surface area contributed by atoms with Crippen LogP contribution < -0.4 is 15.8 Å². The molecule has 7 heteroatoms. The number of carbonyl (C=O) groups excluding carboxylic acids is 1. The number of nitrogens with two attached hydrogens (primary N) is 1. The monoisotopic (exact) mass is 311 g/mol. The van der Waals surface area contributed by atoms with Crippen molar-refractivity contribution in [2.45, 2.75) is 19.4 Å². The van der Waals surface area contributed by atoms with E-state index in [1.807, 2.05) is 13.2 Å². The molecule has 1 amide bonds. The van der Waals surface area contributed by atoms with Gasteiger partial charge in [-0.2, -0.15) is 11.8 Å². The van der Waals surface area contributed by atoms with Crippen molar-refractivity contribution >= 4 is 23.5 Å². The number of nitrogens with one attached hydrogen (secondary N) is 1. The molecule has 1 aromatic carbocycles. The normalized spacial score (nSPS) is 12.8. The third-order valence-corrected chi connectivity index (χ3v) is 3.43. The van der Waals surface area contributed by atoms with E-state index in [1.54, 1.807) is 36.0 Å². The summed E-state index contributed by atoms with van der Waals surface area (Å²) in [5.74, 6) is 1.44. The van der Waals surface area contributed by atoms with Gasteiger partial charge in [-0.15, -0.1) is 0 Å². The molecule has 4 N–H and O–H groups in total. The summed E-state index contributed by atoms with van der Waals surface area (Å²) in [6, 6.07) is 6.78. The van der Waals surface area contributed by atoms with Crippen LogP contribution in [-0.4, -0.2) is 41.6 Å². The molecule has 0 saturated carbocycles. The van der Waals surface area contributed by atoms with E-state index in [-0.39, 0.29) is 24.4 Å². The van der Waals surface area contributed by atoms with Crippen LogP contribution in [0.1, 0.15) is 18.9 Å². The number of amides is 1. The number of amidine groups is 1. The molecule has 0 radical (unpaired) electrons. The first-order chi connectivity index (χ1) is 10.1. The highest BCUT2D eigenvalue weighted by Crippen LogP contribution is 2.12. The van der Waals surface area contributed by atoms with E-state index in [0.717, 1.165) is 12.2 Å². The molecule has 0 fully saturated rings. The van der Waals surface area contributed by atoms with E-state index in [9.17, 15) is 4.79 Å². The van der Waals surface area contributed by atoms with Gasteiger partial charge in [0.05, 0.1) is 0 Å². The molecule has 116 valence electrons. The minimum absolute atomic E-state index is 0.0295. The summed E-state index contributed by atoms with van der Waals surface area (Å²) in [6.07, 6.45) is 2.97. The number of ether oxygens (including phenoxy) is 1. The van der Waals surface area contributed by atoms with Crippen molar-refractivity contribution in [1.29, 1.82) is 0 Å². The topological polar surface area (TPSA) is 96.9 Å². The Balaban J connectivity index is 2.39. The fourth-order valence-electron chi connectivity index (χ4n) is 1.61. The molecule has 0 spiro atoms. The maximum atomic E-state index is 11.7. The van der Waals surface area contributed by atoms with E-state index in [1.165, 1.54) is 0 Å². The SMILES string of the molecule is CSCCC(C)NC(=O)COc1ccc(/C(N)=N/O)cc1. The summed E-state index contributed by atoms with van der Waals surface area (Å²) in [7, 11) is 0. The van der Waals surface area contributed by atoms with Gasteiger partial charge in [-0.3, -0.25) is 4.79 Å². The van der Waals surface area contributed by atoms with Crippen LogP contribution in [0.2, 0.25) is 0 Å². The molecule has 0 bridgehead atoms. The van der Waals surface area contributed by atoms with Crippen LogP contribution in [0.4, 0.5) is 0 Å². The summed E-state index contributed by atoms with van der Waals surface area (Å²) in [5, 5.41) is 14.3. The Morgan fingerprint density at radius 2 is 2.14 bits per heavy atom. The van der Waals surface area contributed by atoms with Crippen LogP contribution in [0.25, 0.3) is 0 Å². The second-order valence-electron chi connectivity index (χ2n) is 4.55. The van der Waals surface area contributed by atoms with E-state index in [0.29, 0.717) is 11.3 Å². The minimum Gasteiger partial charge on any atom is -0.484 e. The first kappa shape index (κ1) is 17.2. The molecule has 0 aromatic heterocycles. The molecule has 1 atom stereocenters. The number of carbonyl (C=O) groups is 1. The highest BCUT2D eigenvalue weighted by atomic mass is 32.2. The molecular formula is C14H21N3O3S. The predicted molar refractivity (Wildman–Crippen MR) is 85.1 cm³/mol. The van der Waals surface area contributed by atoms with Crippen LogP contribution in [0, 0.1) is 0 Å². The number of thioether (sulfide) groups is 1. The van der Waals surface area contributed by atoms with Gasteiger partial charge in [-0.05, 0) is 49.6 Å². The number of oxime groups is 1. The molecule has 0 aliphatic heterocycles. The molecule has 21 heavy (non-hydrogen) atoms. The Kier molecular flexibility index (Phi) is 7.45. The van der Waals surface area contributed by atoms with E-state index in [2.05, 4.69) is 10.5 Å². The Morgan fingerprint density at radius 3 is 2.71 bits per heavy atom. The smallest absolute Gasteiger partial charge is 0.258 e. The van der Waals surface area contributed by atoms with Crippen molar-refractivity contribution in [3.63, 3.8) is 0 Å². The van der Waals surface area contributed by atoms with Crippen molar-refractivity contribution in [1.82, 2.24) is 5.32 Å². The van der Waals surface area contributed by atoms with Crippen molar-refractivity contribution in [3.8, 4) is 5.75 Å². The molecule has 0 aliphatic carbocycles. The van der Waals surface area contributed by atoms with Crippen LogP contribution in [-0.2, 0) is 4.79 Å². The third kappa shape index (κ3) is 6.40. The Bertz CT molecular complexity index is 477. The zero-order valence-corrected chi connectivity index (χ0v) is 13.0. The molecule has 1 unspecified atom stereocenters. The van der Waals surface area contributed by atoms with Gasteiger partial charge in [0.15, 0.2) is 12.4 Å². The quantitative estimate of drug-likeness (QED) is 0.292.